The number of thiophene rings is 1. The highest BCUT2D eigenvalue weighted by Crippen LogP contribution is 2.24. The van der Waals surface area contributed by atoms with E-state index in [1.54, 1.807) is 29.7 Å². The number of rotatable bonds is 5. The van der Waals surface area contributed by atoms with Crippen LogP contribution in [0, 0.1) is 0 Å². The summed E-state index contributed by atoms with van der Waals surface area (Å²) < 4.78 is 0. The van der Waals surface area contributed by atoms with Gasteiger partial charge < -0.3 is 5.32 Å². The Kier molecular flexibility index (Phi) is 7.36. The van der Waals surface area contributed by atoms with Crippen LogP contribution in [0.4, 0.5) is 0 Å². The van der Waals surface area contributed by atoms with Gasteiger partial charge in [-0.1, -0.05) is 51.1 Å². The molecular formula is C21H24N2OS. The molecular weight excluding hydrogens is 328 g/mol. The molecule has 2 aromatic heterocycles. The topological polar surface area (TPSA) is 42.0 Å². The van der Waals surface area contributed by atoms with Crippen molar-refractivity contribution >= 4 is 17.2 Å². The minimum absolute atomic E-state index is 0.132. The standard InChI is InChI=1S/C19H18N2OS.C2H6/c1-14(12-21-19(22)18-4-2-3-10-20-18)15-5-7-16(8-6-15)17-9-11-23-13-17;1-2/h2-11,13-14H,12H2,1H3,(H,21,22);1-2H3. The van der Waals surface area contributed by atoms with Gasteiger partial charge in [0.15, 0.2) is 0 Å². The Balaban J connectivity index is 0.00000109. The first-order valence-electron chi connectivity index (χ1n) is 8.56. The van der Waals surface area contributed by atoms with Gasteiger partial charge in [-0.2, -0.15) is 11.3 Å². The summed E-state index contributed by atoms with van der Waals surface area (Å²) in [7, 11) is 0. The van der Waals surface area contributed by atoms with Crippen molar-refractivity contribution in [2.24, 2.45) is 0 Å². The van der Waals surface area contributed by atoms with E-state index in [9.17, 15) is 4.79 Å². The molecule has 0 aliphatic carbocycles. The van der Waals surface area contributed by atoms with Crippen molar-refractivity contribution in [2.45, 2.75) is 26.7 Å². The van der Waals surface area contributed by atoms with Gasteiger partial charge in [0.2, 0.25) is 0 Å². The van der Waals surface area contributed by atoms with Gasteiger partial charge in [0.1, 0.15) is 5.69 Å². The number of hydrogen-bond donors (Lipinski definition) is 1. The van der Waals surface area contributed by atoms with Crippen molar-refractivity contribution < 1.29 is 4.79 Å². The second-order valence-corrected chi connectivity index (χ2v) is 6.24. The van der Waals surface area contributed by atoms with Crippen LogP contribution in [-0.4, -0.2) is 17.4 Å². The second kappa shape index (κ2) is 9.74. The van der Waals surface area contributed by atoms with Crippen molar-refractivity contribution in [3.63, 3.8) is 0 Å². The molecule has 130 valence electrons. The summed E-state index contributed by atoms with van der Waals surface area (Å²) in [6.45, 7) is 6.70. The molecule has 2 heterocycles. The second-order valence-electron chi connectivity index (χ2n) is 5.46. The zero-order chi connectivity index (χ0) is 18.1. The molecule has 4 heteroatoms. The van der Waals surface area contributed by atoms with Crippen LogP contribution in [-0.2, 0) is 0 Å². The predicted octanol–water partition coefficient (Wildman–Crippen LogP) is 5.37. The van der Waals surface area contributed by atoms with E-state index >= 15 is 0 Å². The number of aromatic nitrogens is 1. The molecule has 1 N–H and O–H groups in total. The van der Waals surface area contributed by atoms with Gasteiger partial charge in [-0.15, -0.1) is 0 Å². The molecule has 0 saturated carbocycles. The molecule has 0 spiro atoms. The van der Waals surface area contributed by atoms with Crippen molar-refractivity contribution in [1.29, 1.82) is 0 Å². The summed E-state index contributed by atoms with van der Waals surface area (Å²) in [6.07, 6.45) is 1.63. The van der Waals surface area contributed by atoms with Crippen LogP contribution >= 0.6 is 11.3 Å². The van der Waals surface area contributed by atoms with E-state index in [0.29, 0.717) is 12.2 Å². The van der Waals surface area contributed by atoms with Crippen LogP contribution in [0.1, 0.15) is 42.7 Å². The van der Waals surface area contributed by atoms with E-state index in [0.717, 1.165) is 0 Å². The van der Waals surface area contributed by atoms with E-state index in [-0.39, 0.29) is 11.8 Å². The lowest BCUT2D eigenvalue weighted by Gasteiger charge is -2.13. The van der Waals surface area contributed by atoms with Crippen molar-refractivity contribution in [3.05, 3.63) is 76.7 Å². The minimum Gasteiger partial charge on any atom is -0.350 e. The lowest BCUT2D eigenvalue weighted by atomic mass is 9.98. The van der Waals surface area contributed by atoms with E-state index in [1.807, 2.05) is 19.9 Å². The third-order valence-corrected chi connectivity index (χ3v) is 4.48. The normalized spacial score (nSPS) is 11.2. The molecule has 0 fully saturated rings. The Labute approximate surface area is 153 Å². The minimum atomic E-state index is -0.132. The molecule has 3 rings (SSSR count). The number of nitrogens with one attached hydrogen (secondary N) is 1. The van der Waals surface area contributed by atoms with Crippen LogP contribution in [0.5, 0.6) is 0 Å². The molecule has 3 nitrogen and oxygen atoms in total. The summed E-state index contributed by atoms with van der Waals surface area (Å²) in [6, 6.07) is 16.0. The van der Waals surface area contributed by atoms with Crippen molar-refractivity contribution in [3.8, 4) is 11.1 Å². The Hall–Kier alpha value is -2.46. The molecule has 1 amide bonds. The molecule has 3 aromatic rings. The van der Waals surface area contributed by atoms with E-state index in [2.05, 4.69) is 58.3 Å². The molecule has 0 aliphatic rings. The third-order valence-electron chi connectivity index (χ3n) is 3.80. The summed E-state index contributed by atoms with van der Waals surface area (Å²) in [4.78, 5) is 16.1. The predicted molar refractivity (Wildman–Crippen MR) is 106 cm³/mol. The average molecular weight is 353 g/mol. The maximum Gasteiger partial charge on any atom is 0.269 e. The Morgan fingerprint density at radius 2 is 1.84 bits per heavy atom. The van der Waals surface area contributed by atoms with Crippen LogP contribution < -0.4 is 5.32 Å². The van der Waals surface area contributed by atoms with Crippen LogP contribution in [0.3, 0.4) is 0 Å². The highest BCUT2D eigenvalue weighted by atomic mass is 32.1. The SMILES string of the molecule is CC.CC(CNC(=O)c1ccccn1)c1ccc(-c2ccsc2)cc1. The maximum absolute atomic E-state index is 12.0. The van der Waals surface area contributed by atoms with Gasteiger partial charge in [0, 0.05) is 12.7 Å². The van der Waals surface area contributed by atoms with E-state index in [4.69, 9.17) is 0 Å². The van der Waals surface area contributed by atoms with E-state index in [1.165, 1.54) is 16.7 Å². The molecule has 1 atom stereocenters. The smallest absolute Gasteiger partial charge is 0.269 e. The molecule has 0 bridgehead atoms. The first-order valence-corrected chi connectivity index (χ1v) is 9.50. The van der Waals surface area contributed by atoms with Crippen molar-refractivity contribution in [2.75, 3.05) is 6.54 Å². The zero-order valence-corrected chi connectivity index (χ0v) is 15.7. The van der Waals surface area contributed by atoms with Gasteiger partial charge in [0.05, 0.1) is 0 Å². The number of carbonyl (C=O) groups excluding carboxylic acids is 1. The number of nitrogens with zero attached hydrogens (tertiary/aromatic N) is 1. The summed E-state index contributed by atoms with van der Waals surface area (Å²) >= 11 is 1.70. The fourth-order valence-corrected chi connectivity index (χ4v) is 3.05. The maximum atomic E-state index is 12.0. The third kappa shape index (κ3) is 5.26. The number of carbonyl (C=O) groups is 1. The Morgan fingerprint density at radius 3 is 2.44 bits per heavy atom. The van der Waals surface area contributed by atoms with Gasteiger partial charge in [-0.3, -0.25) is 9.78 Å². The largest absolute Gasteiger partial charge is 0.350 e. The Bertz CT molecular complexity index is 752. The monoisotopic (exact) mass is 352 g/mol. The van der Waals surface area contributed by atoms with Crippen LogP contribution in [0.2, 0.25) is 0 Å². The molecule has 0 saturated heterocycles. The van der Waals surface area contributed by atoms with Gasteiger partial charge in [-0.05, 0) is 51.6 Å². The zero-order valence-electron chi connectivity index (χ0n) is 14.9. The first-order chi connectivity index (χ1) is 12.2. The first kappa shape index (κ1) is 18.9. The van der Waals surface area contributed by atoms with Crippen LogP contribution in [0.25, 0.3) is 11.1 Å². The summed E-state index contributed by atoms with van der Waals surface area (Å²) in [5.74, 6) is 0.117. The lowest BCUT2D eigenvalue weighted by molar-refractivity contribution is 0.0946. The average Bonchev–Trinajstić information content (AvgIpc) is 3.23. The summed E-state index contributed by atoms with van der Waals surface area (Å²) in [5, 5.41) is 7.17. The molecule has 0 aliphatic heterocycles. The quantitative estimate of drug-likeness (QED) is 0.671. The highest BCUT2D eigenvalue weighted by Gasteiger charge is 2.10. The lowest BCUT2D eigenvalue weighted by Crippen LogP contribution is -2.28. The Morgan fingerprint density at radius 1 is 1.08 bits per heavy atom. The molecule has 1 aromatic carbocycles. The van der Waals surface area contributed by atoms with Gasteiger partial charge >= 0.3 is 0 Å². The number of amides is 1. The van der Waals surface area contributed by atoms with E-state index < -0.39 is 0 Å². The van der Waals surface area contributed by atoms with Gasteiger partial charge in [0.25, 0.3) is 5.91 Å². The summed E-state index contributed by atoms with van der Waals surface area (Å²) in [5.41, 5.74) is 4.13. The molecule has 1 unspecified atom stereocenters. The van der Waals surface area contributed by atoms with Crippen molar-refractivity contribution in [1.82, 2.24) is 10.3 Å². The fourth-order valence-electron chi connectivity index (χ4n) is 2.38. The molecule has 0 radical (unpaired) electrons. The number of pyridine rings is 1. The highest BCUT2D eigenvalue weighted by molar-refractivity contribution is 7.08. The number of hydrogen-bond acceptors (Lipinski definition) is 3. The molecule has 25 heavy (non-hydrogen) atoms. The fraction of sp³-hybridized carbons (Fsp3) is 0.238. The van der Waals surface area contributed by atoms with Gasteiger partial charge in [-0.25, -0.2) is 0 Å². The number of benzene rings is 1. The van der Waals surface area contributed by atoms with Crippen LogP contribution in [0.15, 0.2) is 65.5 Å².